The summed E-state index contributed by atoms with van der Waals surface area (Å²) in [5, 5.41) is 9.50. The van der Waals surface area contributed by atoms with Crippen LogP contribution in [0, 0.1) is 29.1 Å². The van der Waals surface area contributed by atoms with Crippen LogP contribution in [0.15, 0.2) is 12.2 Å². The number of hydrogen-bond acceptors (Lipinski definition) is 3. The lowest BCUT2D eigenvalue weighted by Gasteiger charge is -2.31. The fourth-order valence-corrected chi connectivity index (χ4v) is 3.92. The van der Waals surface area contributed by atoms with E-state index in [2.05, 4.69) is 6.07 Å². The second-order valence-corrected chi connectivity index (χ2v) is 6.17. The van der Waals surface area contributed by atoms with E-state index in [4.69, 9.17) is 0 Å². The molecule has 1 aliphatic heterocycles. The van der Waals surface area contributed by atoms with Gasteiger partial charge in [0.1, 0.15) is 6.04 Å². The molecule has 3 unspecified atom stereocenters. The Morgan fingerprint density at radius 3 is 2.10 bits per heavy atom. The van der Waals surface area contributed by atoms with Crippen LogP contribution in [0.3, 0.4) is 0 Å². The number of likely N-dealkylation sites (tertiary alicyclic amines) is 1. The number of nitriles is 1. The minimum absolute atomic E-state index is 0.110. The first-order chi connectivity index (χ1) is 9.74. The molecule has 3 rings (SSSR count). The topological polar surface area (TPSA) is 61.2 Å². The first-order valence-corrected chi connectivity index (χ1v) is 7.65. The zero-order chi connectivity index (χ0) is 14.1. The van der Waals surface area contributed by atoms with E-state index >= 15 is 0 Å². The highest BCUT2D eigenvalue weighted by molar-refractivity contribution is 6.06. The van der Waals surface area contributed by atoms with Crippen LogP contribution in [-0.4, -0.2) is 22.8 Å². The molecule has 4 nitrogen and oxygen atoms in total. The van der Waals surface area contributed by atoms with Crippen LogP contribution in [0.5, 0.6) is 0 Å². The monoisotopic (exact) mass is 272 g/mol. The van der Waals surface area contributed by atoms with Gasteiger partial charge in [0.2, 0.25) is 11.8 Å². The highest BCUT2D eigenvalue weighted by Crippen LogP contribution is 2.39. The van der Waals surface area contributed by atoms with Gasteiger partial charge < -0.3 is 0 Å². The molecule has 0 spiro atoms. The standard InChI is InChI=1S/C16H20N2O2/c17-10-14(11-6-2-1-3-7-11)18-15(19)12-8-4-5-9-13(12)16(18)20/h4-5,11-14H,1-3,6-9H2. The Balaban J connectivity index is 1.83. The Bertz CT molecular complexity index is 459. The summed E-state index contributed by atoms with van der Waals surface area (Å²) in [5.41, 5.74) is 0. The van der Waals surface area contributed by atoms with Crippen molar-refractivity contribution >= 4 is 11.8 Å². The number of allylic oxidation sites excluding steroid dienone is 2. The summed E-state index contributed by atoms with van der Waals surface area (Å²) in [6.07, 6.45) is 10.6. The van der Waals surface area contributed by atoms with E-state index in [1.165, 1.54) is 11.3 Å². The van der Waals surface area contributed by atoms with Gasteiger partial charge in [0.05, 0.1) is 17.9 Å². The molecule has 0 radical (unpaired) electrons. The maximum absolute atomic E-state index is 12.5. The number of hydrogen-bond donors (Lipinski definition) is 0. The summed E-state index contributed by atoms with van der Waals surface area (Å²) in [6.45, 7) is 0. The molecule has 3 aliphatic rings. The van der Waals surface area contributed by atoms with E-state index in [1.807, 2.05) is 12.2 Å². The lowest BCUT2D eigenvalue weighted by molar-refractivity contribution is -0.142. The molecule has 1 heterocycles. The summed E-state index contributed by atoms with van der Waals surface area (Å²) in [4.78, 5) is 26.3. The summed E-state index contributed by atoms with van der Waals surface area (Å²) in [5.74, 6) is -0.475. The highest BCUT2D eigenvalue weighted by atomic mass is 16.2. The third-order valence-corrected chi connectivity index (χ3v) is 5.05. The van der Waals surface area contributed by atoms with Crippen LogP contribution in [0.4, 0.5) is 0 Å². The normalized spacial score (nSPS) is 32.0. The van der Waals surface area contributed by atoms with E-state index in [9.17, 15) is 14.9 Å². The van der Waals surface area contributed by atoms with Crippen molar-refractivity contribution in [2.45, 2.75) is 51.0 Å². The van der Waals surface area contributed by atoms with Gasteiger partial charge in [-0.2, -0.15) is 5.26 Å². The number of carbonyl (C=O) groups is 2. The fourth-order valence-electron chi connectivity index (χ4n) is 3.92. The molecule has 1 saturated heterocycles. The van der Waals surface area contributed by atoms with Gasteiger partial charge in [-0.3, -0.25) is 14.5 Å². The maximum Gasteiger partial charge on any atom is 0.234 e. The fraction of sp³-hybridized carbons (Fsp3) is 0.688. The largest absolute Gasteiger partial charge is 0.274 e. The molecule has 2 fully saturated rings. The molecular weight excluding hydrogens is 252 g/mol. The quantitative estimate of drug-likeness (QED) is 0.573. The van der Waals surface area contributed by atoms with Crippen molar-refractivity contribution in [3.63, 3.8) is 0 Å². The second-order valence-electron chi connectivity index (χ2n) is 6.17. The van der Waals surface area contributed by atoms with Crippen LogP contribution in [0.25, 0.3) is 0 Å². The van der Waals surface area contributed by atoms with Gasteiger partial charge in [-0.1, -0.05) is 31.4 Å². The van der Waals surface area contributed by atoms with Gasteiger partial charge in [0.15, 0.2) is 0 Å². The SMILES string of the molecule is N#CC(C1CCCCC1)N1C(=O)C2CC=CCC2C1=O. The lowest BCUT2D eigenvalue weighted by Crippen LogP contribution is -2.44. The van der Waals surface area contributed by atoms with Gasteiger partial charge in [0.25, 0.3) is 0 Å². The molecule has 4 heteroatoms. The molecule has 2 aliphatic carbocycles. The average Bonchev–Trinajstić information content (AvgIpc) is 2.75. The number of fused-ring (bicyclic) bond motifs is 1. The molecule has 20 heavy (non-hydrogen) atoms. The predicted octanol–water partition coefficient (Wildman–Crippen LogP) is 2.41. The summed E-state index contributed by atoms with van der Waals surface area (Å²) in [7, 11) is 0. The van der Waals surface area contributed by atoms with Crippen molar-refractivity contribution in [2.75, 3.05) is 0 Å². The second kappa shape index (κ2) is 5.40. The third-order valence-electron chi connectivity index (χ3n) is 5.05. The zero-order valence-electron chi connectivity index (χ0n) is 11.6. The van der Waals surface area contributed by atoms with Crippen molar-refractivity contribution < 1.29 is 9.59 Å². The van der Waals surface area contributed by atoms with E-state index in [0.29, 0.717) is 12.8 Å². The van der Waals surface area contributed by atoms with Crippen molar-refractivity contribution in [3.05, 3.63) is 12.2 Å². The van der Waals surface area contributed by atoms with Gasteiger partial charge >= 0.3 is 0 Å². The zero-order valence-corrected chi connectivity index (χ0v) is 11.6. The molecule has 106 valence electrons. The highest BCUT2D eigenvalue weighted by Gasteiger charge is 2.51. The molecule has 0 aromatic heterocycles. The number of rotatable bonds is 2. The van der Waals surface area contributed by atoms with E-state index < -0.39 is 6.04 Å². The lowest BCUT2D eigenvalue weighted by atomic mass is 9.83. The Morgan fingerprint density at radius 2 is 1.60 bits per heavy atom. The van der Waals surface area contributed by atoms with E-state index in [-0.39, 0.29) is 29.6 Å². The van der Waals surface area contributed by atoms with Gasteiger partial charge in [-0.15, -0.1) is 0 Å². The molecule has 0 aromatic carbocycles. The van der Waals surface area contributed by atoms with Crippen molar-refractivity contribution in [2.24, 2.45) is 17.8 Å². The van der Waals surface area contributed by atoms with Gasteiger partial charge in [-0.05, 0) is 31.6 Å². The molecule has 0 N–H and O–H groups in total. The van der Waals surface area contributed by atoms with E-state index in [0.717, 1.165) is 25.7 Å². The van der Waals surface area contributed by atoms with Crippen LogP contribution in [0.2, 0.25) is 0 Å². The third kappa shape index (κ3) is 2.06. The Morgan fingerprint density at radius 1 is 1.05 bits per heavy atom. The number of carbonyl (C=O) groups excluding carboxylic acids is 2. The van der Waals surface area contributed by atoms with Crippen LogP contribution >= 0.6 is 0 Å². The van der Waals surface area contributed by atoms with Gasteiger partial charge in [0, 0.05) is 0 Å². The summed E-state index contributed by atoms with van der Waals surface area (Å²) >= 11 is 0. The van der Waals surface area contributed by atoms with Crippen LogP contribution < -0.4 is 0 Å². The predicted molar refractivity (Wildman–Crippen MR) is 73.2 cm³/mol. The Labute approximate surface area is 119 Å². The first-order valence-electron chi connectivity index (χ1n) is 7.65. The maximum atomic E-state index is 12.5. The number of imide groups is 1. The van der Waals surface area contributed by atoms with Crippen molar-refractivity contribution in [1.29, 1.82) is 5.26 Å². The first kappa shape index (κ1) is 13.4. The molecular formula is C16H20N2O2. The molecule has 2 amide bonds. The Hall–Kier alpha value is -1.63. The van der Waals surface area contributed by atoms with Crippen molar-refractivity contribution in [3.8, 4) is 6.07 Å². The van der Waals surface area contributed by atoms with Gasteiger partial charge in [-0.25, -0.2) is 0 Å². The minimum atomic E-state index is -0.541. The smallest absolute Gasteiger partial charge is 0.234 e. The van der Waals surface area contributed by atoms with E-state index in [1.54, 1.807) is 0 Å². The molecule has 0 bridgehead atoms. The van der Waals surface area contributed by atoms with Crippen LogP contribution in [0.1, 0.15) is 44.9 Å². The molecule has 0 aromatic rings. The van der Waals surface area contributed by atoms with Crippen LogP contribution in [-0.2, 0) is 9.59 Å². The molecule has 3 atom stereocenters. The summed E-state index contributed by atoms with van der Waals surface area (Å²) in [6, 6.07) is 1.71. The minimum Gasteiger partial charge on any atom is -0.274 e. The summed E-state index contributed by atoms with van der Waals surface area (Å²) < 4.78 is 0. The van der Waals surface area contributed by atoms with Crippen molar-refractivity contribution in [1.82, 2.24) is 4.90 Å². The Kier molecular flexibility index (Phi) is 3.60. The molecule has 1 saturated carbocycles. The number of amides is 2. The average molecular weight is 272 g/mol. The number of nitrogens with zero attached hydrogens (tertiary/aromatic N) is 2.